The molecule has 1 aromatic heterocycles. The molecule has 0 unspecified atom stereocenters. The fraction of sp³-hybridized carbons (Fsp3) is 0.786. The molecule has 1 aromatic rings. The summed E-state index contributed by atoms with van der Waals surface area (Å²) in [6, 6.07) is 0. The van der Waals surface area contributed by atoms with Crippen LogP contribution in [0.2, 0.25) is 0 Å². The van der Waals surface area contributed by atoms with Crippen LogP contribution in [0.15, 0.2) is 11.2 Å². The molecule has 20 heavy (non-hydrogen) atoms. The van der Waals surface area contributed by atoms with Crippen LogP contribution in [0, 0.1) is 5.41 Å². The molecular formula is C14H23N3O2S. The largest absolute Gasteiger partial charge is 0.332 e. The highest BCUT2D eigenvalue weighted by Gasteiger charge is 2.40. The summed E-state index contributed by atoms with van der Waals surface area (Å²) in [6.07, 6.45) is 9.39. The molecule has 1 saturated carbocycles. The molecule has 3 rings (SSSR count). The van der Waals surface area contributed by atoms with Gasteiger partial charge in [0.15, 0.2) is 5.03 Å². The third kappa shape index (κ3) is 2.39. The Labute approximate surface area is 120 Å². The van der Waals surface area contributed by atoms with Crippen LogP contribution in [0.25, 0.3) is 0 Å². The average Bonchev–Trinajstić information content (AvgIpc) is 3.09. The van der Waals surface area contributed by atoms with Crippen molar-refractivity contribution in [3.63, 3.8) is 0 Å². The first-order valence-electron chi connectivity index (χ1n) is 7.60. The SMILES string of the molecule is CCc1ncc(S(=O)(=O)N2CCC3(CCCC3)CC2)[nH]1. The van der Waals surface area contributed by atoms with E-state index in [9.17, 15) is 8.42 Å². The van der Waals surface area contributed by atoms with Crippen molar-refractivity contribution in [2.24, 2.45) is 5.41 Å². The summed E-state index contributed by atoms with van der Waals surface area (Å²) in [6.45, 7) is 3.27. The number of imidazole rings is 1. The summed E-state index contributed by atoms with van der Waals surface area (Å²) < 4.78 is 26.8. The number of sulfonamides is 1. The van der Waals surface area contributed by atoms with E-state index in [0.29, 0.717) is 18.5 Å². The van der Waals surface area contributed by atoms with E-state index in [2.05, 4.69) is 9.97 Å². The Kier molecular flexibility index (Phi) is 3.62. The van der Waals surface area contributed by atoms with Gasteiger partial charge in [-0.1, -0.05) is 19.8 Å². The molecule has 112 valence electrons. The maximum absolute atomic E-state index is 12.6. The minimum Gasteiger partial charge on any atom is -0.332 e. The van der Waals surface area contributed by atoms with Gasteiger partial charge in [-0.25, -0.2) is 13.4 Å². The van der Waals surface area contributed by atoms with Gasteiger partial charge in [0, 0.05) is 19.5 Å². The maximum atomic E-state index is 12.6. The van der Waals surface area contributed by atoms with Crippen molar-refractivity contribution in [3.05, 3.63) is 12.0 Å². The van der Waals surface area contributed by atoms with Crippen molar-refractivity contribution < 1.29 is 8.42 Å². The number of aryl methyl sites for hydroxylation is 1. The van der Waals surface area contributed by atoms with Gasteiger partial charge in [-0.3, -0.25) is 0 Å². The molecule has 2 aliphatic rings. The van der Waals surface area contributed by atoms with Gasteiger partial charge in [-0.15, -0.1) is 0 Å². The standard InChI is InChI=1S/C14H23N3O2S/c1-2-12-15-11-13(16-12)20(18,19)17-9-7-14(8-10-17)5-3-4-6-14/h11H,2-10H2,1H3,(H,15,16). The van der Waals surface area contributed by atoms with Gasteiger partial charge in [0.05, 0.1) is 6.20 Å². The van der Waals surface area contributed by atoms with Gasteiger partial charge in [0.2, 0.25) is 0 Å². The van der Waals surface area contributed by atoms with Crippen LogP contribution in [0.3, 0.4) is 0 Å². The van der Waals surface area contributed by atoms with E-state index in [4.69, 9.17) is 0 Å². The summed E-state index contributed by atoms with van der Waals surface area (Å²) in [7, 11) is -3.38. The number of H-pyrrole nitrogens is 1. The van der Waals surface area contributed by atoms with Gasteiger partial charge in [0.25, 0.3) is 10.0 Å². The topological polar surface area (TPSA) is 66.1 Å². The lowest BCUT2D eigenvalue weighted by molar-refractivity contribution is 0.160. The Morgan fingerprint density at radius 1 is 1.25 bits per heavy atom. The molecule has 1 aliphatic carbocycles. The minimum atomic E-state index is -3.38. The molecule has 6 heteroatoms. The van der Waals surface area contributed by atoms with E-state index in [1.54, 1.807) is 4.31 Å². The highest BCUT2D eigenvalue weighted by Crippen LogP contribution is 2.46. The summed E-state index contributed by atoms with van der Waals surface area (Å²) in [4.78, 5) is 7.03. The fourth-order valence-electron chi connectivity index (χ4n) is 3.62. The zero-order valence-electron chi connectivity index (χ0n) is 12.1. The number of rotatable bonds is 3. The highest BCUT2D eigenvalue weighted by atomic mass is 32.2. The Morgan fingerprint density at radius 2 is 1.90 bits per heavy atom. The van der Waals surface area contributed by atoms with E-state index >= 15 is 0 Å². The summed E-state index contributed by atoms with van der Waals surface area (Å²) in [5.41, 5.74) is 0.439. The molecule has 1 saturated heterocycles. The predicted molar refractivity (Wildman–Crippen MR) is 76.9 cm³/mol. The highest BCUT2D eigenvalue weighted by molar-refractivity contribution is 7.89. The summed E-state index contributed by atoms with van der Waals surface area (Å²) in [5.74, 6) is 0.729. The number of hydrogen-bond donors (Lipinski definition) is 1. The molecule has 5 nitrogen and oxygen atoms in total. The summed E-state index contributed by atoms with van der Waals surface area (Å²) in [5, 5.41) is 0.247. The number of nitrogens with zero attached hydrogens (tertiary/aromatic N) is 2. The van der Waals surface area contributed by atoms with Crippen molar-refractivity contribution in [2.45, 2.75) is 56.9 Å². The molecule has 2 fully saturated rings. The quantitative estimate of drug-likeness (QED) is 0.931. The number of aromatic amines is 1. The van der Waals surface area contributed by atoms with Gasteiger partial charge < -0.3 is 4.98 Å². The number of hydrogen-bond acceptors (Lipinski definition) is 3. The van der Waals surface area contributed by atoms with Crippen molar-refractivity contribution >= 4 is 10.0 Å². The molecule has 0 radical (unpaired) electrons. The first kappa shape index (κ1) is 14.1. The van der Waals surface area contributed by atoms with E-state index in [0.717, 1.165) is 25.1 Å². The number of aromatic nitrogens is 2. The molecule has 2 heterocycles. The van der Waals surface area contributed by atoms with Crippen LogP contribution in [0.5, 0.6) is 0 Å². The summed E-state index contributed by atoms with van der Waals surface area (Å²) >= 11 is 0. The zero-order chi connectivity index (χ0) is 14.2. The van der Waals surface area contributed by atoms with E-state index in [1.165, 1.54) is 31.9 Å². The van der Waals surface area contributed by atoms with Gasteiger partial charge in [-0.2, -0.15) is 4.31 Å². The van der Waals surface area contributed by atoms with Crippen molar-refractivity contribution in [1.29, 1.82) is 0 Å². The van der Waals surface area contributed by atoms with Crippen molar-refractivity contribution in [3.8, 4) is 0 Å². The van der Waals surface area contributed by atoms with Gasteiger partial charge in [0.1, 0.15) is 5.82 Å². The molecule has 1 spiro atoms. The van der Waals surface area contributed by atoms with Crippen LogP contribution in [-0.4, -0.2) is 35.8 Å². The molecule has 0 bridgehead atoms. The molecular weight excluding hydrogens is 274 g/mol. The second-order valence-electron chi connectivity index (χ2n) is 6.16. The van der Waals surface area contributed by atoms with Gasteiger partial charge in [-0.05, 0) is 31.1 Å². The Morgan fingerprint density at radius 3 is 2.45 bits per heavy atom. The van der Waals surface area contributed by atoms with Crippen LogP contribution in [0.1, 0.15) is 51.3 Å². The maximum Gasteiger partial charge on any atom is 0.260 e. The Hall–Kier alpha value is -0.880. The second-order valence-corrected chi connectivity index (χ2v) is 8.07. The smallest absolute Gasteiger partial charge is 0.260 e. The first-order chi connectivity index (χ1) is 9.56. The Bertz CT molecular complexity index is 563. The average molecular weight is 297 g/mol. The number of piperidine rings is 1. The van der Waals surface area contributed by atoms with Crippen LogP contribution >= 0.6 is 0 Å². The van der Waals surface area contributed by atoms with Crippen LogP contribution in [0.4, 0.5) is 0 Å². The van der Waals surface area contributed by atoms with E-state index < -0.39 is 10.0 Å². The predicted octanol–water partition coefficient (Wildman–Crippen LogP) is 2.32. The molecule has 1 aliphatic heterocycles. The normalized spacial score (nSPS) is 23.4. The number of nitrogens with one attached hydrogen (secondary N) is 1. The second kappa shape index (κ2) is 5.15. The minimum absolute atomic E-state index is 0.247. The molecule has 0 aromatic carbocycles. The molecule has 1 N–H and O–H groups in total. The van der Waals surface area contributed by atoms with Crippen LogP contribution in [-0.2, 0) is 16.4 Å². The third-order valence-corrected chi connectivity index (χ3v) is 6.81. The third-order valence-electron chi connectivity index (χ3n) is 5.01. The lowest BCUT2D eigenvalue weighted by Gasteiger charge is -2.38. The van der Waals surface area contributed by atoms with Crippen LogP contribution < -0.4 is 0 Å². The van der Waals surface area contributed by atoms with E-state index in [-0.39, 0.29) is 5.03 Å². The van der Waals surface area contributed by atoms with E-state index in [1.807, 2.05) is 6.92 Å². The van der Waals surface area contributed by atoms with Crippen molar-refractivity contribution in [2.75, 3.05) is 13.1 Å². The van der Waals surface area contributed by atoms with Gasteiger partial charge >= 0.3 is 0 Å². The Balaban J connectivity index is 1.73. The lowest BCUT2D eigenvalue weighted by atomic mass is 9.78. The fourth-order valence-corrected chi connectivity index (χ4v) is 4.99. The molecule has 0 atom stereocenters. The zero-order valence-corrected chi connectivity index (χ0v) is 12.9. The monoisotopic (exact) mass is 297 g/mol. The van der Waals surface area contributed by atoms with Crippen molar-refractivity contribution in [1.82, 2.24) is 14.3 Å². The first-order valence-corrected chi connectivity index (χ1v) is 9.04. The lowest BCUT2D eigenvalue weighted by Crippen LogP contribution is -2.42. The molecule has 0 amide bonds.